The molecule has 100 valence electrons. The summed E-state index contributed by atoms with van der Waals surface area (Å²) >= 11 is 6.03. The first-order valence-electron chi connectivity index (χ1n) is 6.21. The lowest BCUT2D eigenvalue weighted by Gasteiger charge is -2.13. The average Bonchev–Trinajstić information content (AvgIpc) is 2.37. The number of halogens is 1. The second-order valence-corrected chi connectivity index (χ2v) is 4.90. The van der Waals surface area contributed by atoms with Crippen LogP contribution >= 0.6 is 11.6 Å². The molecule has 0 atom stereocenters. The second kappa shape index (κ2) is 5.49. The number of hydrogen-bond acceptors (Lipinski definition) is 3. The number of pyridine rings is 1. The minimum Gasteiger partial charge on any atom is -0.455 e. The van der Waals surface area contributed by atoms with Crippen LogP contribution in [0.1, 0.15) is 23.9 Å². The minimum absolute atomic E-state index is 0.499. The Labute approximate surface area is 118 Å². The maximum Gasteiger partial charge on any atom is 0.148 e. The van der Waals surface area contributed by atoms with Crippen molar-refractivity contribution in [1.82, 2.24) is 4.98 Å². The topological polar surface area (TPSA) is 48.1 Å². The van der Waals surface area contributed by atoms with Crippen LogP contribution in [-0.2, 0) is 6.42 Å². The maximum absolute atomic E-state index is 6.03. The van der Waals surface area contributed by atoms with E-state index in [4.69, 9.17) is 22.1 Å². The van der Waals surface area contributed by atoms with Gasteiger partial charge in [-0.3, -0.25) is 4.98 Å². The maximum atomic E-state index is 6.03. The molecule has 0 aliphatic carbocycles. The van der Waals surface area contributed by atoms with Crippen molar-refractivity contribution in [2.75, 3.05) is 5.73 Å². The van der Waals surface area contributed by atoms with Crippen LogP contribution in [0.4, 0.5) is 5.69 Å². The Morgan fingerprint density at radius 2 is 1.95 bits per heavy atom. The fraction of sp³-hybridized carbons (Fsp3) is 0.267. The highest BCUT2D eigenvalue weighted by Crippen LogP contribution is 2.32. The van der Waals surface area contributed by atoms with E-state index in [2.05, 4.69) is 11.9 Å². The fourth-order valence-corrected chi connectivity index (χ4v) is 2.01. The molecule has 1 aromatic heterocycles. The van der Waals surface area contributed by atoms with Crippen LogP contribution in [0, 0.1) is 13.8 Å². The van der Waals surface area contributed by atoms with Gasteiger partial charge in [-0.15, -0.1) is 0 Å². The normalized spacial score (nSPS) is 10.5. The molecule has 0 saturated heterocycles. The number of anilines is 1. The van der Waals surface area contributed by atoms with Gasteiger partial charge in [0.2, 0.25) is 0 Å². The van der Waals surface area contributed by atoms with Gasteiger partial charge in [-0.05, 0) is 44.0 Å². The number of rotatable bonds is 3. The fourth-order valence-electron chi connectivity index (χ4n) is 1.86. The number of aromatic nitrogens is 1. The molecule has 0 bridgehead atoms. The van der Waals surface area contributed by atoms with Crippen molar-refractivity contribution >= 4 is 17.3 Å². The molecule has 0 aliphatic heterocycles. The van der Waals surface area contributed by atoms with Crippen LogP contribution in [0.15, 0.2) is 24.3 Å². The second-order valence-electron chi connectivity index (χ2n) is 4.49. The smallest absolute Gasteiger partial charge is 0.148 e. The zero-order valence-electron chi connectivity index (χ0n) is 11.3. The van der Waals surface area contributed by atoms with Crippen molar-refractivity contribution in [3.05, 3.63) is 46.2 Å². The van der Waals surface area contributed by atoms with Crippen molar-refractivity contribution < 1.29 is 4.74 Å². The number of hydrogen-bond donors (Lipinski definition) is 1. The number of nitrogens with zero attached hydrogens (tertiary/aromatic N) is 1. The highest BCUT2D eigenvalue weighted by Gasteiger charge is 2.09. The first-order valence-corrected chi connectivity index (χ1v) is 6.59. The zero-order chi connectivity index (χ0) is 14.0. The SMILES string of the molecule is CCc1nc(C)ccc1Oc1cc(Cl)c(N)cc1C. The van der Waals surface area contributed by atoms with Gasteiger partial charge in [-0.1, -0.05) is 18.5 Å². The summed E-state index contributed by atoms with van der Waals surface area (Å²) in [5, 5.41) is 0.499. The molecule has 0 spiro atoms. The van der Waals surface area contributed by atoms with Gasteiger partial charge in [0.15, 0.2) is 0 Å². The number of ether oxygens (including phenoxy) is 1. The third kappa shape index (κ3) is 2.99. The summed E-state index contributed by atoms with van der Waals surface area (Å²) < 4.78 is 5.92. The third-order valence-corrected chi connectivity index (χ3v) is 3.25. The van der Waals surface area contributed by atoms with Gasteiger partial charge in [0, 0.05) is 11.8 Å². The molecule has 3 nitrogen and oxygen atoms in total. The molecule has 19 heavy (non-hydrogen) atoms. The Hall–Kier alpha value is -1.74. The van der Waals surface area contributed by atoms with Gasteiger partial charge in [-0.2, -0.15) is 0 Å². The van der Waals surface area contributed by atoms with Gasteiger partial charge in [0.05, 0.1) is 16.4 Å². The molecule has 0 saturated carbocycles. The van der Waals surface area contributed by atoms with E-state index in [1.165, 1.54) is 0 Å². The van der Waals surface area contributed by atoms with Crippen LogP contribution in [-0.4, -0.2) is 4.98 Å². The molecule has 1 heterocycles. The average molecular weight is 277 g/mol. The Kier molecular flexibility index (Phi) is 3.96. The summed E-state index contributed by atoms with van der Waals surface area (Å²) in [4.78, 5) is 4.47. The van der Waals surface area contributed by atoms with E-state index in [1.54, 1.807) is 6.07 Å². The summed E-state index contributed by atoms with van der Waals surface area (Å²) in [6.45, 7) is 5.96. The van der Waals surface area contributed by atoms with Crippen molar-refractivity contribution in [3.63, 3.8) is 0 Å². The quantitative estimate of drug-likeness (QED) is 0.851. The summed E-state index contributed by atoms with van der Waals surface area (Å²) in [5.41, 5.74) is 9.19. The van der Waals surface area contributed by atoms with Crippen molar-refractivity contribution in [1.29, 1.82) is 0 Å². The van der Waals surface area contributed by atoms with E-state index in [0.29, 0.717) is 16.5 Å². The summed E-state index contributed by atoms with van der Waals surface area (Å²) in [6.07, 6.45) is 0.818. The predicted molar refractivity (Wildman–Crippen MR) is 79.0 cm³/mol. The molecule has 0 amide bonds. The van der Waals surface area contributed by atoms with Crippen molar-refractivity contribution in [2.24, 2.45) is 0 Å². The number of nitrogens with two attached hydrogens (primary N) is 1. The zero-order valence-corrected chi connectivity index (χ0v) is 12.1. The molecule has 0 fully saturated rings. The summed E-state index contributed by atoms with van der Waals surface area (Å²) in [5.74, 6) is 1.47. The van der Waals surface area contributed by atoms with Crippen LogP contribution in [0.25, 0.3) is 0 Å². The Bertz CT molecular complexity index is 611. The lowest BCUT2D eigenvalue weighted by molar-refractivity contribution is 0.469. The number of aryl methyl sites for hydroxylation is 3. The summed E-state index contributed by atoms with van der Waals surface area (Å²) in [7, 11) is 0. The van der Waals surface area contributed by atoms with Crippen molar-refractivity contribution in [2.45, 2.75) is 27.2 Å². The van der Waals surface area contributed by atoms with Crippen molar-refractivity contribution in [3.8, 4) is 11.5 Å². The van der Waals surface area contributed by atoms with E-state index in [-0.39, 0.29) is 0 Å². The molecule has 0 aliphatic rings. The van der Waals surface area contributed by atoms with E-state index in [1.807, 2.05) is 32.0 Å². The molecular formula is C15H17ClN2O. The molecule has 0 unspecified atom stereocenters. The number of nitrogen functional groups attached to an aromatic ring is 1. The molecule has 0 radical (unpaired) electrons. The lowest BCUT2D eigenvalue weighted by Crippen LogP contribution is -1.97. The van der Waals surface area contributed by atoms with Gasteiger partial charge in [0.1, 0.15) is 11.5 Å². The van der Waals surface area contributed by atoms with E-state index < -0.39 is 0 Å². The standard InChI is InChI=1S/C15H17ClN2O/c1-4-13-14(6-5-10(3)18-13)19-15-8-11(16)12(17)7-9(15)2/h5-8H,4,17H2,1-3H3. The number of benzene rings is 1. The van der Waals surface area contributed by atoms with Gasteiger partial charge < -0.3 is 10.5 Å². The van der Waals surface area contributed by atoms with Gasteiger partial charge in [0.25, 0.3) is 0 Å². The van der Waals surface area contributed by atoms with Crippen LogP contribution < -0.4 is 10.5 Å². The Balaban J connectivity index is 2.39. The first kappa shape index (κ1) is 13.7. The Morgan fingerprint density at radius 1 is 1.21 bits per heavy atom. The van der Waals surface area contributed by atoms with Gasteiger partial charge >= 0.3 is 0 Å². The van der Waals surface area contributed by atoms with E-state index in [9.17, 15) is 0 Å². The predicted octanol–water partition coefficient (Wildman–Crippen LogP) is 4.29. The minimum atomic E-state index is 0.499. The van der Waals surface area contributed by atoms with Crippen LogP contribution in [0.5, 0.6) is 11.5 Å². The summed E-state index contributed by atoms with van der Waals surface area (Å²) in [6, 6.07) is 7.42. The molecule has 2 aromatic rings. The monoisotopic (exact) mass is 276 g/mol. The molecule has 2 N–H and O–H groups in total. The van der Waals surface area contributed by atoms with E-state index in [0.717, 1.165) is 29.1 Å². The molecule has 1 aromatic carbocycles. The highest BCUT2D eigenvalue weighted by molar-refractivity contribution is 6.33. The molecule has 2 rings (SSSR count). The lowest BCUT2D eigenvalue weighted by atomic mass is 10.2. The van der Waals surface area contributed by atoms with E-state index >= 15 is 0 Å². The third-order valence-electron chi connectivity index (χ3n) is 2.92. The largest absolute Gasteiger partial charge is 0.455 e. The highest BCUT2D eigenvalue weighted by atomic mass is 35.5. The van der Waals surface area contributed by atoms with Gasteiger partial charge in [-0.25, -0.2) is 0 Å². The first-order chi connectivity index (χ1) is 9.01. The molecule has 4 heteroatoms. The Morgan fingerprint density at radius 3 is 2.63 bits per heavy atom. The molecular weight excluding hydrogens is 260 g/mol. The van der Waals surface area contributed by atoms with Crippen LogP contribution in [0.2, 0.25) is 5.02 Å². The van der Waals surface area contributed by atoms with Crippen LogP contribution in [0.3, 0.4) is 0 Å².